The maximum absolute atomic E-state index is 12.0. The molecular weight excluding hydrogens is 236 g/mol. The number of hydrazine groups is 1. The number of carbonyl (C=O) groups is 1. The molecular formula is C11H18N4O3. The van der Waals surface area contributed by atoms with Gasteiger partial charge in [-0.2, -0.15) is 0 Å². The normalized spacial score (nSPS) is 11.3. The van der Waals surface area contributed by atoms with Crippen LogP contribution in [0.1, 0.15) is 20.8 Å². The third kappa shape index (κ3) is 2.67. The Kier molecular flexibility index (Phi) is 4.07. The van der Waals surface area contributed by atoms with Crippen LogP contribution in [-0.2, 0) is 17.9 Å². The molecule has 18 heavy (non-hydrogen) atoms. The number of nitrogens with zero attached hydrogens (tertiary/aromatic N) is 2. The molecule has 1 heterocycles. The van der Waals surface area contributed by atoms with Crippen molar-refractivity contribution in [2.45, 2.75) is 33.9 Å². The highest BCUT2D eigenvalue weighted by atomic mass is 16.2. The van der Waals surface area contributed by atoms with E-state index in [4.69, 9.17) is 5.84 Å². The van der Waals surface area contributed by atoms with Crippen LogP contribution in [-0.4, -0.2) is 15.0 Å². The smallest absolute Gasteiger partial charge is 0.301 e. The number of hydrogen-bond acceptors (Lipinski definition) is 4. The lowest BCUT2D eigenvalue weighted by atomic mass is 9.92. The maximum atomic E-state index is 12.0. The number of carbonyl (C=O) groups excluding carboxylic acids is 1. The molecule has 0 unspecified atom stereocenters. The summed E-state index contributed by atoms with van der Waals surface area (Å²) in [6.07, 6.45) is 1.44. The topological polar surface area (TPSA) is 99.1 Å². The molecule has 1 rings (SSSR count). The fourth-order valence-corrected chi connectivity index (χ4v) is 1.61. The lowest BCUT2D eigenvalue weighted by molar-refractivity contribution is -0.130. The van der Waals surface area contributed by atoms with Crippen molar-refractivity contribution in [3.05, 3.63) is 33.1 Å². The van der Waals surface area contributed by atoms with Crippen LogP contribution in [0.15, 0.2) is 21.9 Å². The molecule has 0 spiro atoms. The van der Waals surface area contributed by atoms with Gasteiger partial charge < -0.3 is 4.57 Å². The van der Waals surface area contributed by atoms with Gasteiger partial charge in [-0.3, -0.25) is 19.6 Å². The third-order valence-corrected chi connectivity index (χ3v) is 2.78. The summed E-state index contributed by atoms with van der Waals surface area (Å²) in [6, 6.07) is 1.31. The van der Waals surface area contributed by atoms with E-state index >= 15 is 0 Å². The molecule has 0 saturated carbocycles. The molecule has 0 aromatic carbocycles. The molecule has 1 amide bonds. The minimum atomic E-state index is -0.940. The van der Waals surface area contributed by atoms with Gasteiger partial charge in [0.05, 0.1) is 5.41 Å². The van der Waals surface area contributed by atoms with Crippen LogP contribution in [0.25, 0.3) is 0 Å². The molecule has 0 bridgehead atoms. The van der Waals surface area contributed by atoms with Crippen molar-refractivity contribution in [3.63, 3.8) is 0 Å². The molecule has 0 aliphatic heterocycles. The molecule has 3 N–H and O–H groups in total. The summed E-state index contributed by atoms with van der Waals surface area (Å²) in [5.74, 6) is 4.64. The van der Waals surface area contributed by atoms with E-state index < -0.39 is 22.6 Å². The monoisotopic (exact) mass is 254 g/mol. The summed E-state index contributed by atoms with van der Waals surface area (Å²) < 4.78 is 2.44. The van der Waals surface area contributed by atoms with Crippen molar-refractivity contribution in [1.82, 2.24) is 14.6 Å². The van der Waals surface area contributed by atoms with E-state index in [1.807, 2.05) is 5.43 Å². The zero-order chi connectivity index (χ0) is 13.9. The van der Waals surface area contributed by atoms with Crippen LogP contribution in [0.3, 0.4) is 0 Å². The molecule has 0 saturated heterocycles. The van der Waals surface area contributed by atoms with Crippen LogP contribution in [0, 0.1) is 5.41 Å². The molecule has 0 radical (unpaired) electrons. The average Bonchev–Trinajstić information content (AvgIpc) is 2.33. The van der Waals surface area contributed by atoms with Gasteiger partial charge in [-0.1, -0.05) is 0 Å². The molecule has 0 aliphatic rings. The van der Waals surface area contributed by atoms with Crippen molar-refractivity contribution in [3.8, 4) is 0 Å². The van der Waals surface area contributed by atoms with Crippen LogP contribution in [0.2, 0.25) is 0 Å². The second kappa shape index (κ2) is 5.18. The first-order chi connectivity index (χ1) is 8.33. The maximum Gasteiger partial charge on any atom is 0.330 e. The Bertz CT molecular complexity index is 556. The Morgan fingerprint density at radius 2 is 2.06 bits per heavy atom. The molecule has 100 valence electrons. The summed E-state index contributed by atoms with van der Waals surface area (Å²) in [5, 5.41) is 0. The van der Waals surface area contributed by atoms with Crippen molar-refractivity contribution >= 4 is 5.91 Å². The number of hydrogen-bond donors (Lipinski definition) is 2. The number of rotatable bonds is 4. The summed E-state index contributed by atoms with van der Waals surface area (Å²) in [6.45, 7) is 5.47. The minimum Gasteiger partial charge on any atom is -0.301 e. The van der Waals surface area contributed by atoms with Gasteiger partial charge in [0.15, 0.2) is 0 Å². The summed E-state index contributed by atoms with van der Waals surface area (Å²) >= 11 is 0. The van der Waals surface area contributed by atoms with E-state index in [1.54, 1.807) is 20.8 Å². The van der Waals surface area contributed by atoms with Crippen molar-refractivity contribution < 1.29 is 4.79 Å². The Balaban J connectivity index is 3.24. The van der Waals surface area contributed by atoms with Gasteiger partial charge in [0, 0.05) is 25.4 Å². The molecule has 7 nitrogen and oxygen atoms in total. The molecule has 0 atom stereocenters. The lowest BCUT2D eigenvalue weighted by Gasteiger charge is -2.23. The highest BCUT2D eigenvalue weighted by molar-refractivity contribution is 5.81. The quantitative estimate of drug-likeness (QED) is 0.411. The van der Waals surface area contributed by atoms with Crippen LogP contribution in [0.4, 0.5) is 0 Å². The van der Waals surface area contributed by atoms with E-state index in [-0.39, 0.29) is 6.54 Å². The third-order valence-electron chi connectivity index (χ3n) is 2.78. The lowest BCUT2D eigenvalue weighted by Crippen LogP contribution is -2.48. The fraction of sp³-hybridized carbons (Fsp3) is 0.545. The van der Waals surface area contributed by atoms with E-state index in [2.05, 4.69) is 0 Å². The summed E-state index contributed by atoms with van der Waals surface area (Å²) in [5.41, 5.74) is 0.234. The van der Waals surface area contributed by atoms with Gasteiger partial charge in [-0.25, -0.2) is 10.6 Å². The van der Waals surface area contributed by atoms with Gasteiger partial charge in [0.1, 0.15) is 0 Å². The SMILES string of the molecule is CCn1ccc(=O)n(CC(C)(C)C(=O)NN)c1=O. The van der Waals surface area contributed by atoms with Gasteiger partial charge in [-0.05, 0) is 20.8 Å². The molecule has 1 aromatic rings. The van der Waals surface area contributed by atoms with E-state index in [9.17, 15) is 14.4 Å². The molecule has 0 fully saturated rings. The largest absolute Gasteiger partial charge is 0.330 e. The Labute approximate surface area is 104 Å². The zero-order valence-electron chi connectivity index (χ0n) is 10.8. The first kappa shape index (κ1) is 14.2. The number of aryl methyl sites for hydroxylation is 1. The van der Waals surface area contributed by atoms with E-state index in [0.717, 1.165) is 4.57 Å². The molecule has 7 heteroatoms. The minimum absolute atomic E-state index is 0.0193. The first-order valence-electron chi connectivity index (χ1n) is 5.65. The van der Waals surface area contributed by atoms with Crippen LogP contribution in [0.5, 0.6) is 0 Å². The van der Waals surface area contributed by atoms with Gasteiger partial charge in [-0.15, -0.1) is 0 Å². The standard InChI is InChI=1S/C11H18N4O3/c1-4-14-6-5-8(16)15(10(14)18)7-11(2,3)9(17)13-12/h5-6H,4,7,12H2,1-3H3,(H,13,17). The Morgan fingerprint density at radius 3 is 2.56 bits per heavy atom. The van der Waals surface area contributed by atoms with E-state index in [1.165, 1.54) is 16.8 Å². The van der Waals surface area contributed by atoms with Crippen molar-refractivity contribution in [2.24, 2.45) is 11.3 Å². The van der Waals surface area contributed by atoms with Crippen molar-refractivity contribution in [1.29, 1.82) is 0 Å². The summed E-state index contributed by atoms with van der Waals surface area (Å²) in [4.78, 5) is 35.2. The first-order valence-corrected chi connectivity index (χ1v) is 5.65. The second-order valence-electron chi connectivity index (χ2n) is 4.67. The number of nitrogens with two attached hydrogens (primary N) is 1. The summed E-state index contributed by atoms with van der Waals surface area (Å²) in [7, 11) is 0. The fourth-order valence-electron chi connectivity index (χ4n) is 1.61. The second-order valence-corrected chi connectivity index (χ2v) is 4.67. The number of amides is 1. The number of aromatic nitrogens is 2. The van der Waals surface area contributed by atoms with Gasteiger partial charge >= 0.3 is 5.69 Å². The van der Waals surface area contributed by atoms with Crippen LogP contribution >= 0.6 is 0 Å². The predicted octanol–water partition coefficient (Wildman–Crippen LogP) is -0.954. The predicted molar refractivity (Wildman–Crippen MR) is 66.7 cm³/mol. The van der Waals surface area contributed by atoms with Gasteiger partial charge in [0.25, 0.3) is 5.56 Å². The van der Waals surface area contributed by atoms with Crippen LogP contribution < -0.4 is 22.5 Å². The van der Waals surface area contributed by atoms with Crippen molar-refractivity contribution in [2.75, 3.05) is 0 Å². The Morgan fingerprint density at radius 1 is 1.44 bits per heavy atom. The molecule has 0 aliphatic carbocycles. The molecule has 1 aromatic heterocycles. The van der Waals surface area contributed by atoms with E-state index in [0.29, 0.717) is 6.54 Å². The number of nitrogens with one attached hydrogen (secondary N) is 1. The highest BCUT2D eigenvalue weighted by Gasteiger charge is 2.28. The van der Waals surface area contributed by atoms with Gasteiger partial charge in [0.2, 0.25) is 5.91 Å². The Hall–Kier alpha value is -1.89. The highest BCUT2D eigenvalue weighted by Crippen LogP contribution is 2.15. The average molecular weight is 254 g/mol. The zero-order valence-corrected chi connectivity index (χ0v) is 10.8.